The fourth-order valence-electron chi connectivity index (χ4n) is 4.20. The molecule has 0 unspecified atom stereocenters. The summed E-state index contributed by atoms with van der Waals surface area (Å²) < 4.78 is 11.4. The van der Waals surface area contributed by atoms with Crippen LogP contribution in [-0.4, -0.2) is 53.5 Å². The lowest BCUT2D eigenvalue weighted by molar-refractivity contribution is 0.0406. The molecule has 0 radical (unpaired) electrons. The first-order valence-electron chi connectivity index (χ1n) is 10.3. The van der Waals surface area contributed by atoms with Crippen LogP contribution in [0.2, 0.25) is 5.02 Å². The molecule has 1 aromatic carbocycles. The third-order valence-electron chi connectivity index (χ3n) is 5.94. The van der Waals surface area contributed by atoms with E-state index in [-0.39, 0.29) is 12.0 Å². The molecule has 1 aliphatic carbocycles. The van der Waals surface area contributed by atoms with Crippen molar-refractivity contribution in [1.82, 2.24) is 14.8 Å². The zero-order valence-corrected chi connectivity index (χ0v) is 17.8. The molecule has 1 saturated heterocycles. The quantitative estimate of drug-likeness (QED) is 0.676. The summed E-state index contributed by atoms with van der Waals surface area (Å²) in [4.78, 5) is 20.6. The molecule has 1 saturated carbocycles. The maximum absolute atomic E-state index is 12.4. The van der Waals surface area contributed by atoms with E-state index in [4.69, 9.17) is 20.8 Å². The van der Waals surface area contributed by atoms with Gasteiger partial charge in [0.25, 0.3) is 5.91 Å². The zero-order chi connectivity index (χ0) is 20.4. The van der Waals surface area contributed by atoms with E-state index < -0.39 is 0 Å². The van der Waals surface area contributed by atoms with E-state index >= 15 is 0 Å². The first-order chi connectivity index (χ1) is 14.0. The predicted molar refractivity (Wildman–Crippen MR) is 111 cm³/mol. The van der Waals surface area contributed by atoms with E-state index in [9.17, 15) is 4.79 Å². The summed E-state index contributed by atoms with van der Waals surface area (Å²) in [5, 5.41) is 0.732. The highest BCUT2D eigenvalue weighted by Crippen LogP contribution is 2.36. The van der Waals surface area contributed by atoms with Crippen LogP contribution in [0.4, 0.5) is 0 Å². The Balaban J connectivity index is 1.27. The van der Waals surface area contributed by atoms with Crippen molar-refractivity contribution in [2.24, 2.45) is 5.92 Å². The van der Waals surface area contributed by atoms with E-state index in [1.807, 2.05) is 12.1 Å². The summed E-state index contributed by atoms with van der Waals surface area (Å²) in [5.74, 6) is 1.39. The second-order valence-electron chi connectivity index (χ2n) is 8.24. The number of carbonyl (C=O) groups excluding carboxylic acids is 1. The number of oxazole rings is 1. The molecule has 0 bridgehead atoms. The van der Waals surface area contributed by atoms with Gasteiger partial charge in [-0.3, -0.25) is 9.69 Å². The summed E-state index contributed by atoms with van der Waals surface area (Å²) in [6, 6.07) is 6.06. The lowest BCUT2D eigenvalue weighted by Crippen LogP contribution is -2.42. The van der Waals surface area contributed by atoms with Gasteiger partial charge in [-0.05, 0) is 63.2 Å². The van der Waals surface area contributed by atoms with E-state index in [0.29, 0.717) is 23.9 Å². The molecule has 156 valence electrons. The first-order valence-corrected chi connectivity index (χ1v) is 10.7. The summed E-state index contributed by atoms with van der Waals surface area (Å²) >= 11 is 6.63. The van der Waals surface area contributed by atoms with Gasteiger partial charge in [0.1, 0.15) is 5.75 Å². The van der Waals surface area contributed by atoms with Crippen LogP contribution in [0.5, 0.6) is 5.75 Å². The van der Waals surface area contributed by atoms with E-state index in [1.54, 1.807) is 18.9 Å². The lowest BCUT2D eigenvalue weighted by atomic mass is 9.82. The van der Waals surface area contributed by atoms with Crippen LogP contribution < -0.4 is 4.74 Å². The molecule has 2 heterocycles. The monoisotopic (exact) mass is 417 g/mol. The number of ether oxygens (including phenoxy) is 1. The highest BCUT2D eigenvalue weighted by Gasteiger charge is 2.33. The van der Waals surface area contributed by atoms with Crippen LogP contribution in [0.15, 0.2) is 29.0 Å². The molecule has 2 aromatic rings. The Morgan fingerprint density at radius 2 is 2.10 bits per heavy atom. The average molecular weight is 418 g/mol. The second-order valence-corrected chi connectivity index (χ2v) is 8.62. The van der Waals surface area contributed by atoms with Crippen molar-refractivity contribution in [2.45, 2.75) is 45.3 Å². The number of amides is 1. The molecule has 2 aliphatic rings. The van der Waals surface area contributed by atoms with Crippen molar-refractivity contribution in [1.29, 1.82) is 0 Å². The fraction of sp³-hybridized carbons (Fsp3) is 0.545. The number of hydrogen-bond donors (Lipinski definition) is 0. The molecule has 4 rings (SSSR count). The summed E-state index contributed by atoms with van der Waals surface area (Å²) in [5.41, 5.74) is 1.76. The Labute approximate surface area is 176 Å². The molecular formula is C22H28ClN3O3. The highest BCUT2D eigenvalue weighted by atomic mass is 35.5. The Morgan fingerprint density at radius 3 is 2.79 bits per heavy atom. The van der Waals surface area contributed by atoms with Crippen molar-refractivity contribution < 1.29 is 13.9 Å². The van der Waals surface area contributed by atoms with Gasteiger partial charge in [0, 0.05) is 20.1 Å². The minimum absolute atomic E-state index is 0.123. The number of hydrogen-bond acceptors (Lipinski definition) is 5. The van der Waals surface area contributed by atoms with Crippen molar-refractivity contribution in [2.75, 3.05) is 26.7 Å². The van der Waals surface area contributed by atoms with Gasteiger partial charge in [0.15, 0.2) is 6.39 Å². The Kier molecular flexibility index (Phi) is 6.11. The molecule has 1 aromatic heterocycles. The molecule has 0 spiro atoms. The van der Waals surface area contributed by atoms with Crippen molar-refractivity contribution >= 4 is 17.5 Å². The SMILES string of the molecule is Cc1ncoc1C(=O)N(C)CC1CC(Oc2cccc(CN3CCCC3)c2Cl)C1. The third kappa shape index (κ3) is 4.59. The van der Waals surface area contributed by atoms with Gasteiger partial charge in [-0.15, -0.1) is 0 Å². The Morgan fingerprint density at radius 1 is 1.34 bits per heavy atom. The van der Waals surface area contributed by atoms with Crippen molar-refractivity contribution in [3.8, 4) is 5.75 Å². The van der Waals surface area contributed by atoms with Crippen LogP contribution in [-0.2, 0) is 6.54 Å². The third-order valence-corrected chi connectivity index (χ3v) is 6.37. The summed E-state index contributed by atoms with van der Waals surface area (Å²) in [6.45, 7) is 5.63. The highest BCUT2D eigenvalue weighted by molar-refractivity contribution is 6.32. The fourth-order valence-corrected chi connectivity index (χ4v) is 4.43. The summed E-state index contributed by atoms with van der Waals surface area (Å²) in [7, 11) is 1.80. The number of aryl methyl sites for hydroxylation is 1. The van der Waals surface area contributed by atoms with Crippen molar-refractivity contribution in [3.05, 3.63) is 46.6 Å². The Hall–Kier alpha value is -2.05. The van der Waals surface area contributed by atoms with Gasteiger partial charge in [0.2, 0.25) is 5.76 Å². The van der Waals surface area contributed by atoms with Crippen LogP contribution in [0.3, 0.4) is 0 Å². The molecule has 7 heteroatoms. The molecule has 2 fully saturated rings. The van der Waals surface area contributed by atoms with Crippen LogP contribution in [0.25, 0.3) is 0 Å². The molecule has 0 N–H and O–H groups in total. The van der Waals surface area contributed by atoms with Crippen molar-refractivity contribution in [3.63, 3.8) is 0 Å². The minimum Gasteiger partial charge on any atom is -0.489 e. The topological polar surface area (TPSA) is 58.8 Å². The maximum Gasteiger partial charge on any atom is 0.291 e. The smallest absolute Gasteiger partial charge is 0.291 e. The number of carbonyl (C=O) groups is 1. The molecule has 29 heavy (non-hydrogen) atoms. The largest absolute Gasteiger partial charge is 0.489 e. The number of rotatable bonds is 7. The molecule has 0 atom stereocenters. The van der Waals surface area contributed by atoms with Gasteiger partial charge in [-0.2, -0.15) is 0 Å². The van der Waals surface area contributed by atoms with Gasteiger partial charge in [-0.1, -0.05) is 23.7 Å². The molecule has 1 aliphatic heterocycles. The van der Waals surface area contributed by atoms with Gasteiger partial charge < -0.3 is 14.1 Å². The molecule has 6 nitrogen and oxygen atoms in total. The minimum atomic E-state index is -0.123. The normalized spacial score (nSPS) is 21.8. The molecular weight excluding hydrogens is 390 g/mol. The number of nitrogens with zero attached hydrogens (tertiary/aromatic N) is 3. The van der Waals surface area contributed by atoms with Gasteiger partial charge >= 0.3 is 0 Å². The van der Waals surface area contributed by atoms with E-state index in [2.05, 4.69) is 16.0 Å². The Bertz CT molecular complexity index is 857. The number of likely N-dealkylation sites (tertiary alicyclic amines) is 1. The van der Waals surface area contributed by atoms with Crippen LogP contribution in [0, 0.1) is 12.8 Å². The first kappa shape index (κ1) is 20.2. The van der Waals surface area contributed by atoms with Crippen LogP contribution in [0.1, 0.15) is 47.5 Å². The predicted octanol–water partition coefficient (Wildman–Crippen LogP) is 4.16. The van der Waals surface area contributed by atoms with Crippen LogP contribution >= 0.6 is 11.6 Å². The number of halogens is 1. The number of benzene rings is 1. The molecule has 1 amide bonds. The lowest BCUT2D eigenvalue weighted by Gasteiger charge is -2.37. The number of aromatic nitrogens is 1. The van der Waals surface area contributed by atoms with E-state index in [0.717, 1.165) is 48.8 Å². The summed E-state index contributed by atoms with van der Waals surface area (Å²) in [6.07, 6.45) is 5.83. The van der Waals surface area contributed by atoms with Gasteiger partial charge in [0.05, 0.1) is 16.8 Å². The van der Waals surface area contributed by atoms with Gasteiger partial charge in [-0.25, -0.2) is 4.98 Å². The maximum atomic E-state index is 12.4. The average Bonchev–Trinajstić information content (AvgIpc) is 3.33. The zero-order valence-electron chi connectivity index (χ0n) is 17.1. The van der Waals surface area contributed by atoms with E-state index in [1.165, 1.54) is 19.2 Å². The standard InChI is InChI=1S/C22H28ClN3O3/c1-15-21(28-14-24-15)22(27)25(2)12-16-10-18(11-16)29-19-7-5-6-17(20(19)23)13-26-8-3-4-9-26/h5-7,14,16,18H,3-4,8-13H2,1-2H3. The second kappa shape index (κ2) is 8.76.